The standard InChI is InChI=1S/C12H11BrN4/c13-11-3-1-2-10-9(6-14)16-12(17(10)11)8-4-5-15-7-8/h1-3,8,15H,4-5,7H2. The molecule has 0 radical (unpaired) electrons. The molecule has 17 heavy (non-hydrogen) atoms. The number of nitrogens with zero attached hydrogens (tertiary/aromatic N) is 3. The predicted molar refractivity (Wildman–Crippen MR) is 67.8 cm³/mol. The third kappa shape index (κ3) is 1.65. The SMILES string of the molecule is N#Cc1nc(C2CCNC2)n2c(Br)cccc12. The molecule has 86 valence electrons. The molecule has 1 N–H and O–H groups in total. The number of aromatic nitrogens is 2. The zero-order chi connectivity index (χ0) is 11.8. The number of imidazole rings is 1. The lowest BCUT2D eigenvalue weighted by Gasteiger charge is -2.08. The van der Waals surface area contributed by atoms with E-state index in [0.29, 0.717) is 11.6 Å². The first kappa shape index (κ1) is 10.8. The van der Waals surface area contributed by atoms with E-state index in [1.165, 1.54) is 0 Å². The third-order valence-electron chi connectivity index (χ3n) is 3.17. The van der Waals surface area contributed by atoms with Crippen LogP contribution in [0.2, 0.25) is 0 Å². The summed E-state index contributed by atoms with van der Waals surface area (Å²) in [6, 6.07) is 8.00. The Bertz CT molecular complexity index is 605. The first-order valence-electron chi connectivity index (χ1n) is 5.59. The maximum absolute atomic E-state index is 9.13. The lowest BCUT2D eigenvalue weighted by atomic mass is 10.1. The average molecular weight is 291 g/mol. The van der Waals surface area contributed by atoms with E-state index in [4.69, 9.17) is 5.26 Å². The second kappa shape index (κ2) is 4.13. The molecule has 1 saturated heterocycles. The highest BCUT2D eigenvalue weighted by Gasteiger charge is 2.23. The summed E-state index contributed by atoms with van der Waals surface area (Å²) in [7, 11) is 0. The van der Waals surface area contributed by atoms with Crippen LogP contribution in [0.4, 0.5) is 0 Å². The van der Waals surface area contributed by atoms with Crippen molar-refractivity contribution in [3.05, 3.63) is 34.3 Å². The van der Waals surface area contributed by atoms with Crippen LogP contribution in [-0.2, 0) is 0 Å². The van der Waals surface area contributed by atoms with Crippen LogP contribution < -0.4 is 5.32 Å². The number of pyridine rings is 1. The molecule has 2 aromatic rings. The van der Waals surface area contributed by atoms with E-state index in [2.05, 4.69) is 32.3 Å². The second-order valence-corrected chi connectivity index (χ2v) is 5.00. The van der Waals surface area contributed by atoms with E-state index in [1.807, 2.05) is 22.6 Å². The van der Waals surface area contributed by atoms with Crippen molar-refractivity contribution in [2.24, 2.45) is 0 Å². The van der Waals surface area contributed by atoms with E-state index >= 15 is 0 Å². The van der Waals surface area contributed by atoms with Gasteiger partial charge in [-0.2, -0.15) is 5.26 Å². The van der Waals surface area contributed by atoms with Crippen molar-refractivity contribution in [3.8, 4) is 6.07 Å². The first-order chi connectivity index (χ1) is 8.31. The number of rotatable bonds is 1. The molecule has 2 aromatic heterocycles. The lowest BCUT2D eigenvalue weighted by molar-refractivity contribution is 0.695. The van der Waals surface area contributed by atoms with Crippen molar-refractivity contribution in [3.63, 3.8) is 0 Å². The first-order valence-corrected chi connectivity index (χ1v) is 6.38. The molecule has 3 heterocycles. The van der Waals surface area contributed by atoms with Gasteiger partial charge < -0.3 is 5.32 Å². The van der Waals surface area contributed by atoms with Crippen LogP contribution in [-0.4, -0.2) is 22.5 Å². The fraction of sp³-hybridized carbons (Fsp3) is 0.333. The van der Waals surface area contributed by atoms with Crippen molar-refractivity contribution in [1.82, 2.24) is 14.7 Å². The van der Waals surface area contributed by atoms with E-state index in [-0.39, 0.29) is 0 Å². The molecule has 4 nitrogen and oxygen atoms in total. The molecule has 0 aliphatic carbocycles. The maximum Gasteiger partial charge on any atom is 0.166 e. The molecule has 0 saturated carbocycles. The highest BCUT2D eigenvalue weighted by atomic mass is 79.9. The molecule has 0 bridgehead atoms. The smallest absolute Gasteiger partial charge is 0.166 e. The minimum atomic E-state index is 0.392. The Labute approximate surface area is 107 Å². The van der Waals surface area contributed by atoms with E-state index in [9.17, 15) is 0 Å². The van der Waals surface area contributed by atoms with E-state index in [0.717, 1.165) is 35.5 Å². The van der Waals surface area contributed by atoms with Gasteiger partial charge in [0, 0.05) is 12.5 Å². The Morgan fingerprint density at radius 3 is 3.12 bits per heavy atom. The fourth-order valence-corrected chi connectivity index (χ4v) is 2.88. The fourth-order valence-electron chi connectivity index (χ4n) is 2.35. The molecule has 0 aromatic carbocycles. The molecule has 1 atom stereocenters. The van der Waals surface area contributed by atoms with Crippen molar-refractivity contribution >= 4 is 21.4 Å². The molecule has 0 spiro atoms. The van der Waals surface area contributed by atoms with Gasteiger partial charge in [-0.1, -0.05) is 6.07 Å². The van der Waals surface area contributed by atoms with Gasteiger partial charge in [0.25, 0.3) is 0 Å². The summed E-state index contributed by atoms with van der Waals surface area (Å²) in [5.74, 6) is 1.37. The maximum atomic E-state index is 9.13. The van der Waals surface area contributed by atoms with Gasteiger partial charge in [-0.15, -0.1) is 0 Å². The van der Waals surface area contributed by atoms with Crippen molar-refractivity contribution < 1.29 is 0 Å². The van der Waals surface area contributed by atoms with Gasteiger partial charge in [0.1, 0.15) is 11.9 Å². The van der Waals surface area contributed by atoms with Gasteiger partial charge in [0.2, 0.25) is 0 Å². The normalized spacial score (nSPS) is 19.6. The Kier molecular flexibility index (Phi) is 2.61. The summed E-state index contributed by atoms with van der Waals surface area (Å²) in [6.45, 7) is 1.96. The van der Waals surface area contributed by atoms with Crippen LogP contribution in [0.5, 0.6) is 0 Å². The van der Waals surface area contributed by atoms with Gasteiger partial charge >= 0.3 is 0 Å². The van der Waals surface area contributed by atoms with Crippen LogP contribution in [0.15, 0.2) is 22.8 Å². The van der Waals surface area contributed by atoms with E-state index < -0.39 is 0 Å². The highest BCUT2D eigenvalue weighted by Crippen LogP contribution is 2.27. The number of hydrogen-bond acceptors (Lipinski definition) is 3. The van der Waals surface area contributed by atoms with Gasteiger partial charge in [-0.25, -0.2) is 4.98 Å². The molecule has 5 heteroatoms. The summed E-state index contributed by atoms with van der Waals surface area (Å²) < 4.78 is 2.99. The van der Waals surface area contributed by atoms with Crippen LogP contribution in [0.1, 0.15) is 23.9 Å². The van der Waals surface area contributed by atoms with Gasteiger partial charge in [-0.05, 0) is 41.0 Å². The summed E-state index contributed by atoms with van der Waals surface area (Å²) >= 11 is 3.53. The lowest BCUT2D eigenvalue weighted by Crippen LogP contribution is -2.10. The number of nitrogens with one attached hydrogen (secondary N) is 1. The molecular weight excluding hydrogens is 280 g/mol. The quantitative estimate of drug-likeness (QED) is 0.818. The zero-order valence-electron chi connectivity index (χ0n) is 9.15. The second-order valence-electron chi connectivity index (χ2n) is 4.19. The average Bonchev–Trinajstić information content (AvgIpc) is 2.95. The minimum Gasteiger partial charge on any atom is -0.316 e. The number of fused-ring (bicyclic) bond motifs is 1. The molecule has 0 amide bonds. The molecule has 1 unspecified atom stereocenters. The summed E-state index contributed by atoms with van der Waals surface area (Å²) in [6.07, 6.45) is 1.07. The number of nitriles is 1. The number of halogens is 1. The highest BCUT2D eigenvalue weighted by molar-refractivity contribution is 9.10. The summed E-state index contributed by atoms with van der Waals surface area (Å²) in [5.41, 5.74) is 1.39. The van der Waals surface area contributed by atoms with Crippen LogP contribution >= 0.6 is 15.9 Å². The van der Waals surface area contributed by atoms with Crippen molar-refractivity contribution in [2.75, 3.05) is 13.1 Å². The Balaban J connectivity index is 2.27. The van der Waals surface area contributed by atoms with Gasteiger partial charge in [0.15, 0.2) is 5.69 Å². The Morgan fingerprint density at radius 1 is 1.53 bits per heavy atom. The Morgan fingerprint density at radius 2 is 2.41 bits per heavy atom. The molecule has 1 aliphatic rings. The monoisotopic (exact) mass is 290 g/mol. The Hall–Kier alpha value is -1.38. The summed E-state index contributed by atoms with van der Waals surface area (Å²) in [4.78, 5) is 4.48. The minimum absolute atomic E-state index is 0.392. The predicted octanol–water partition coefficient (Wildman–Crippen LogP) is 2.05. The van der Waals surface area contributed by atoms with Crippen LogP contribution in [0.3, 0.4) is 0 Å². The van der Waals surface area contributed by atoms with Crippen LogP contribution in [0.25, 0.3) is 5.52 Å². The van der Waals surface area contributed by atoms with E-state index in [1.54, 1.807) is 0 Å². The largest absolute Gasteiger partial charge is 0.316 e. The molecule has 1 aliphatic heterocycles. The van der Waals surface area contributed by atoms with Crippen molar-refractivity contribution in [1.29, 1.82) is 5.26 Å². The molecule has 3 rings (SSSR count). The molecule has 1 fully saturated rings. The van der Waals surface area contributed by atoms with Gasteiger partial charge in [-0.3, -0.25) is 4.40 Å². The van der Waals surface area contributed by atoms with Gasteiger partial charge in [0.05, 0.1) is 10.1 Å². The van der Waals surface area contributed by atoms with Crippen LogP contribution in [0, 0.1) is 11.3 Å². The van der Waals surface area contributed by atoms with Crippen molar-refractivity contribution in [2.45, 2.75) is 12.3 Å². The zero-order valence-corrected chi connectivity index (χ0v) is 10.7. The molecular formula is C12H11BrN4. The number of hydrogen-bond donors (Lipinski definition) is 1. The third-order valence-corrected chi connectivity index (χ3v) is 3.79. The summed E-state index contributed by atoms with van der Waals surface area (Å²) in [5, 5.41) is 12.5. The topological polar surface area (TPSA) is 53.1 Å².